The number of carbonyl (C=O) groups excluding carboxylic acids is 1. The molecule has 4 nitrogen and oxygen atoms in total. The maximum atomic E-state index is 11.4. The van der Waals surface area contributed by atoms with Crippen molar-refractivity contribution in [1.29, 1.82) is 0 Å². The summed E-state index contributed by atoms with van der Waals surface area (Å²) in [7, 11) is 0. The molecule has 0 spiro atoms. The van der Waals surface area contributed by atoms with E-state index in [4.69, 9.17) is 5.11 Å². The fraction of sp³-hybridized carbons (Fsp3) is 0.556. The molecule has 0 aromatic rings. The lowest BCUT2D eigenvalue weighted by molar-refractivity contribution is -0.147. The van der Waals surface area contributed by atoms with Crippen LogP contribution >= 0.6 is 12.6 Å². The molecule has 1 N–H and O–H groups in total. The fourth-order valence-electron chi connectivity index (χ4n) is 1.53. The van der Waals surface area contributed by atoms with Crippen molar-refractivity contribution in [2.75, 3.05) is 12.3 Å². The molecule has 1 rings (SSSR count). The number of likely N-dealkylation sites (tertiary alicyclic amines) is 1. The third-order valence-electron chi connectivity index (χ3n) is 2.36. The summed E-state index contributed by atoms with van der Waals surface area (Å²) < 4.78 is 0. The molecular formula is C9H13NO3S. The summed E-state index contributed by atoms with van der Waals surface area (Å²) in [6.07, 6.45) is 2.05. The molecule has 1 aliphatic rings. The maximum absolute atomic E-state index is 11.4. The molecule has 0 bridgehead atoms. The second-order valence-electron chi connectivity index (χ2n) is 3.28. The smallest absolute Gasteiger partial charge is 0.327 e. The SMILES string of the molecule is C=CC1CC(=O)N(C(CS)C(=O)O)C1. The van der Waals surface area contributed by atoms with Gasteiger partial charge in [0.2, 0.25) is 5.91 Å². The Morgan fingerprint density at radius 2 is 2.50 bits per heavy atom. The van der Waals surface area contributed by atoms with Gasteiger partial charge < -0.3 is 10.0 Å². The van der Waals surface area contributed by atoms with Crippen molar-refractivity contribution in [2.24, 2.45) is 5.92 Å². The minimum Gasteiger partial charge on any atom is -0.480 e. The molecule has 1 aliphatic heterocycles. The van der Waals surface area contributed by atoms with Gasteiger partial charge in [-0.1, -0.05) is 6.08 Å². The van der Waals surface area contributed by atoms with Crippen LogP contribution in [0, 0.1) is 5.92 Å². The Bertz CT molecular complexity index is 267. The zero-order valence-corrected chi connectivity index (χ0v) is 8.61. The molecule has 2 atom stereocenters. The third-order valence-corrected chi connectivity index (χ3v) is 2.70. The van der Waals surface area contributed by atoms with Crippen LogP contribution in [0.3, 0.4) is 0 Å². The monoisotopic (exact) mass is 215 g/mol. The summed E-state index contributed by atoms with van der Waals surface area (Å²) >= 11 is 3.93. The highest BCUT2D eigenvalue weighted by Gasteiger charge is 2.35. The Labute approximate surface area is 88.0 Å². The predicted octanol–water partition coefficient (Wildman–Crippen LogP) is 0.404. The summed E-state index contributed by atoms with van der Waals surface area (Å²) in [5.41, 5.74) is 0. The molecule has 0 saturated carbocycles. The van der Waals surface area contributed by atoms with Gasteiger partial charge in [0.25, 0.3) is 0 Å². The molecule has 1 saturated heterocycles. The molecule has 0 aromatic carbocycles. The number of carbonyl (C=O) groups is 2. The summed E-state index contributed by atoms with van der Waals surface area (Å²) in [5, 5.41) is 8.84. The minimum atomic E-state index is -1.00. The van der Waals surface area contributed by atoms with E-state index in [1.807, 2.05) is 0 Å². The Hall–Kier alpha value is -0.970. The Morgan fingerprint density at radius 3 is 2.86 bits per heavy atom. The van der Waals surface area contributed by atoms with Crippen LogP contribution in [0.4, 0.5) is 0 Å². The number of aliphatic carboxylic acids is 1. The lowest BCUT2D eigenvalue weighted by atomic mass is 10.1. The van der Waals surface area contributed by atoms with Gasteiger partial charge in [-0.15, -0.1) is 6.58 Å². The van der Waals surface area contributed by atoms with Crippen molar-refractivity contribution in [3.8, 4) is 0 Å². The minimum absolute atomic E-state index is 0.0734. The van der Waals surface area contributed by atoms with E-state index in [1.54, 1.807) is 6.08 Å². The highest BCUT2D eigenvalue weighted by Crippen LogP contribution is 2.21. The summed E-state index contributed by atoms with van der Waals surface area (Å²) in [4.78, 5) is 23.6. The number of carboxylic acids is 1. The lowest BCUT2D eigenvalue weighted by Crippen LogP contribution is -2.43. The number of amides is 1. The van der Waals surface area contributed by atoms with E-state index in [2.05, 4.69) is 19.2 Å². The zero-order chi connectivity index (χ0) is 10.7. The first-order chi connectivity index (χ1) is 6.60. The second kappa shape index (κ2) is 4.50. The van der Waals surface area contributed by atoms with Crippen molar-refractivity contribution in [1.82, 2.24) is 4.90 Å². The van der Waals surface area contributed by atoms with Crippen LogP contribution in [0.2, 0.25) is 0 Å². The Morgan fingerprint density at radius 1 is 1.86 bits per heavy atom. The van der Waals surface area contributed by atoms with Gasteiger partial charge in [-0.2, -0.15) is 12.6 Å². The molecule has 0 aliphatic carbocycles. The summed E-state index contributed by atoms with van der Waals surface area (Å²) in [6.45, 7) is 4.04. The van der Waals surface area contributed by atoms with Gasteiger partial charge in [0, 0.05) is 24.6 Å². The van der Waals surface area contributed by atoms with Crippen LogP contribution in [0.5, 0.6) is 0 Å². The highest BCUT2D eigenvalue weighted by molar-refractivity contribution is 7.80. The molecule has 1 amide bonds. The Balaban J connectivity index is 2.72. The quantitative estimate of drug-likeness (QED) is 0.527. The van der Waals surface area contributed by atoms with E-state index in [0.717, 1.165) is 0 Å². The van der Waals surface area contributed by atoms with Gasteiger partial charge in [0.1, 0.15) is 6.04 Å². The van der Waals surface area contributed by atoms with Crippen LogP contribution in [0.25, 0.3) is 0 Å². The fourth-order valence-corrected chi connectivity index (χ4v) is 1.88. The maximum Gasteiger partial charge on any atom is 0.327 e. The number of thiol groups is 1. The molecule has 14 heavy (non-hydrogen) atoms. The van der Waals surface area contributed by atoms with Gasteiger partial charge in [0.15, 0.2) is 0 Å². The number of rotatable bonds is 4. The van der Waals surface area contributed by atoms with Crippen molar-refractivity contribution < 1.29 is 14.7 Å². The zero-order valence-electron chi connectivity index (χ0n) is 7.72. The summed E-state index contributed by atoms with van der Waals surface area (Å²) in [5.74, 6) is -0.913. The van der Waals surface area contributed by atoms with E-state index in [-0.39, 0.29) is 17.6 Å². The van der Waals surface area contributed by atoms with Gasteiger partial charge in [0.05, 0.1) is 0 Å². The average Bonchev–Trinajstić information content (AvgIpc) is 2.48. The number of hydrogen-bond acceptors (Lipinski definition) is 3. The van der Waals surface area contributed by atoms with Crippen molar-refractivity contribution >= 4 is 24.5 Å². The Kier molecular flexibility index (Phi) is 3.57. The van der Waals surface area contributed by atoms with Crippen LogP contribution < -0.4 is 0 Å². The molecule has 0 radical (unpaired) electrons. The third kappa shape index (κ3) is 2.09. The molecule has 78 valence electrons. The first-order valence-electron chi connectivity index (χ1n) is 4.35. The van der Waals surface area contributed by atoms with E-state index in [1.165, 1.54) is 4.90 Å². The van der Waals surface area contributed by atoms with E-state index in [9.17, 15) is 9.59 Å². The topological polar surface area (TPSA) is 57.6 Å². The van der Waals surface area contributed by atoms with Gasteiger partial charge in [-0.05, 0) is 0 Å². The van der Waals surface area contributed by atoms with E-state index in [0.29, 0.717) is 13.0 Å². The summed E-state index contributed by atoms with van der Waals surface area (Å²) in [6, 6.07) is -0.809. The highest BCUT2D eigenvalue weighted by atomic mass is 32.1. The normalized spacial score (nSPS) is 23.6. The average molecular weight is 215 g/mol. The first-order valence-corrected chi connectivity index (χ1v) is 4.99. The molecular weight excluding hydrogens is 202 g/mol. The van der Waals surface area contributed by atoms with Gasteiger partial charge >= 0.3 is 5.97 Å². The van der Waals surface area contributed by atoms with Crippen molar-refractivity contribution in [3.05, 3.63) is 12.7 Å². The molecule has 2 unspecified atom stereocenters. The largest absolute Gasteiger partial charge is 0.480 e. The molecule has 0 aromatic heterocycles. The van der Waals surface area contributed by atoms with Crippen LogP contribution in [0.15, 0.2) is 12.7 Å². The van der Waals surface area contributed by atoms with Crippen LogP contribution in [-0.4, -0.2) is 40.2 Å². The lowest BCUT2D eigenvalue weighted by Gasteiger charge is -2.22. The van der Waals surface area contributed by atoms with Crippen LogP contribution in [-0.2, 0) is 9.59 Å². The second-order valence-corrected chi connectivity index (χ2v) is 3.65. The first kappa shape index (κ1) is 11.1. The number of hydrogen-bond donors (Lipinski definition) is 2. The van der Waals surface area contributed by atoms with Gasteiger partial charge in [-0.3, -0.25) is 4.79 Å². The molecule has 1 fully saturated rings. The molecule has 5 heteroatoms. The van der Waals surface area contributed by atoms with Crippen molar-refractivity contribution in [3.63, 3.8) is 0 Å². The predicted molar refractivity (Wildman–Crippen MR) is 55.3 cm³/mol. The van der Waals surface area contributed by atoms with E-state index >= 15 is 0 Å². The number of carboxylic acid groups (broad SMARTS) is 1. The standard InChI is InChI=1S/C9H13NO3S/c1-2-6-3-8(11)10(4-6)7(5-14)9(12)13/h2,6-7,14H,1,3-5H2,(H,12,13). The van der Waals surface area contributed by atoms with E-state index < -0.39 is 12.0 Å². The molecule has 1 heterocycles. The van der Waals surface area contributed by atoms with Crippen molar-refractivity contribution in [2.45, 2.75) is 12.5 Å². The van der Waals surface area contributed by atoms with Crippen LogP contribution in [0.1, 0.15) is 6.42 Å². The number of nitrogens with zero attached hydrogens (tertiary/aromatic N) is 1. The van der Waals surface area contributed by atoms with Gasteiger partial charge in [-0.25, -0.2) is 4.79 Å².